The molecule has 0 amide bonds. The Balaban J connectivity index is 2.71. The summed E-state index contributed by atoms with van der Waals surface area (Å²) in [5, 5.41) is 8.63. The molecule has 1 rings (SSSR count). The number of hydrogen-bond donors (Lipinski definition) is 0. The van der Waals surface area contributed by atoms with Gasteiger partial charge in [0.2, 0.25) is 0 Å². The fourth-order valence-corrected chi connectivity index (χ4v) is 5.12. The molecular weight excluding hydrogens is 326 g/mol. The van der Waals surface area contributed by atoms with Crippen molar-refractivity contribution in [2.45, 2.75) is 39.7 Å². The number of rotatable bonds is 12. The molecule has 0 fully saturated rings. The van der Waals surface area contributed by atoms with Gasteiger partial charge >= 0.3 is 8.80 Å². The highest BCUT2D eigenvalue weighted by molar-refractivity contribution is 6.60. The smallest absolute Gasteiger partial charge is 0.493 e. The highest BCUT2D eigenvalue weighted by Crippen LogP contribution is 2.29. The lowest BCUT2D eigenvalue weighted by atomic mass is 10.1. The Morgan fingerprint density at radius 3 is 2.12 bits per heavy atom. The third-order valence-electron chi connectivity index (χ3n) is 3.42. The Morgan fingerprint density at radius 1 is 1.00 bits per heavy atom. The van der Waals surface area contributed by atoms with Crippen LogP contribution in [0.2, 0.25) is 6.04 Å². The van der Waals surface area contributed by atoms with Gasteiger partial charge in [0.1, 0.15) is 0 Å². The molecule has 0 bridgehead atoms. The SMILES string of the molecule is CCO[Si](CCCc1ccc(OC#N)c(OC)c1)(OCC)OCC. The van der Waals surface area contributed by atoms with Gasteiger partial charge in [-0.15, -0.1) is 5.26 Å². The van der Waals surface area contributed by atoms with Crippen molar-refractivity contribution in [2.24, 2.45) is 0 Å². The minimum Gasteiger partial charge on any atom is -0.493 e. The summed E-state index contributed by atoms with van der Waals surface area (Å²) in [4.78, 5) is 0. The maximum absolute atomic E-state index is 8.63. The normalized spacial score (nSPS) is 11.1. The molecular formula is C17H27NO5Si. The van der Waals surface area contributed by atoms with E-state index < -0.39 is 8.80 Å². The second-order valence-electron chi connectivity index (χ2n) is 5.01. The van der Waals surface area contributed by atoms with Crippen molar-refractivity contribution >= 4 is 8.80 Å². The average molecular weight is 353 g/mol. The highest BCUT2D eigenvalue weighted by atomic mass is 28.4. The summed E-state index contributed by atoms with van der Waals surface area (Å²) in [6, 6.07) is 6.33. The van der Waals surface area contributed by atoms with E-state index in [2.05, 4.69) is 0 Å². The van der Waals surface area contributed by atoms with Crippen LogP contribution in [0.15, 0.2) is 18.2 Å². The van der Waals surface area contributed by atoms with Crippen molar-refractivity contribution < 1.29 is 22.8 Å². The average Bonchev–Trinajstić information content (AvgIpc) is 2.57. The van der Waals surface area contributed by atoms with Crippen molar-refractivity contribution in [3.8, 4) is 17.8 Å². The first-order valence-electron chi connectivity index (χ1n) is 8.29. The maximum Gasteiger partial charge on any atom is 0.500 e. The monoisotopic (exact) mass is 353 g/mol. The third kappa shape index (κ3) is 6.13. The summed E-state index contributed by atoms with van der Waals surface area (Å²) in [6.45, 7) is 7.62. The first-order chi connectivity index (χ1) is 11.6. The van der Waals surface area contributed by atoms with Gasteiger partial charge in [-0.3, -0.25) is 0 Å². The quantitative estimate of drug-likeness (QED) is 0.423. The highest BCUT2D eigenvalue weighted by Gasteiger charge is 2.39. The molecule has 1 aromatic carbocycles. The van der Waals surface area contributed by atoms with E-state index in [9.17, 15) is 0 Å². The van der Waals surface area contributed by atoms with E-state index in [1.54, 1.807) is 19.4 Å². The molecule has 7 heteroatoms. The molecule has 0 saturated carbocycles. The summed E-state index contributed by atoms with van der Waals surface area (Å²) >= 11 is 0. The third-order valence-corrected chi connectivity index (χ3v) is 6.58. The number of nitriles is 1. The van der Waals surface area contributed by atoms with Crippen LogP contribution in [0.4, 0.5) is 0 Å². The number of benzene rings is 1. The molecule has 0 atom stereocenters. The van der Waals surface area contributed by atoms with E-state index >= 15 is 0 Å². The van der Waals surface area contributed by atoms with Gasteiger partial charge in [0.05, 0.1) is 7.11 Å². The Kier molecular flexibility index (Phi) is 9.41. The Bertz CT molecular complexity index is 515. The molecule has 0 aliphatic rings. The second-order valence-corrected chi connectivity index (χ2v) is 7.75. The van der Waals surface area contributed by atoms with E-state index in [-0.39, 0.29) is 0 Å². The molecule has 0 aromatic heterocycles. The number of hydrogen-bond acceptors (Lipinski definition) is 6. The van der Waals surface area contributed by atoms with Crippen LogP contribution in [0.1, 0.15) is 32.8 Å². The van der Waals surface area contributed by atoms with Crippen molar-refractivity contribution in [3.63, 3.8) is 0 Å². The van der Waals surface area contributed by atoms with Crippen molar-refractivity contribution in [3.05, 3.63) is 23.8 Å². The van der Waals surface area contributed by atoms with Crippen LogP contribution in [-0.4, -0.2) is 35.7 Å². The minimum absolute atomic E-state index is 0.422. The van der Waals surface area contributed by atoms with Gasteiger partial charge < -0.3 is 22.8 Å². The van der Waals surface area contributed by atoms with Crippen LogP contribution in [0.5, 0.6) is 11.5 Å². The first-order valence-corrected chi connectivity index (χ1v) is 10.2. The Morgan fingerprint density at radius 2 is 1.62 bits per heavy atom. The zero-order chi connectivity index (χ0) is 17.8. The molecule has 0 heterocycles. The standard InChI is InChI=1S/C17H27NO5Si/c1-5-21-24(22-6-2,23-7-3)12-8-9-15-10-11-16(20-14-18)17(13-15)19-4/h10-11,13H,5-9,12H2,1-4H3. The molecule has 1 aromatic rings. The Hall–Kier alpha value is -1.59. The van der Waals surface area contributed by atoms with Crippen LogP contribution >= 0.6 is 0 Å². The van der Waals surface area contributed by atoms with E-state index in [1.807, 2.05) is 32.9 Å². The van der Waals surface area contributed by atoms with Gasteiger partial charge in [-0.05, 0) is 51.3 Å². The van der Waals surface area contributed by atoms with Crippen LogP contribution in [0, 0.1) is 11.5 Å². The van der Waals surface area contributed by atoms with Crippen LogP contribution in [0.3, 0.4) is 0 Å². The molecule has 0 saturated heterocycles. The van der Waals surface area contributed by atoms with E-state index in [1.165, 1.54) is 0 Å². The van der Waals surface area contributed by atoms with Crippen molar-refractivity contribution in [2.75, 3.05) is 26.9 Å². The van der Waals surface area contributed by atoms with Gasteiger partial charge in [-0.25, -0.2) is 0 Å². The molecule has 6 nitrogen and oxygen atoms in total. The number of nitrogens with zero attached hydrogens (tertiary/aromatic N) is 1. The van der Waals surface area contributed by atoms with Gasteiger partial charge in [0.25, 0.3) is 6.26 Å². The number of aryl methyl sites for hydroxylation is 1. The lowest BCUT2D eigenvalue weighted by molar-refractivity contribution is 0.0708. The van der Waals surface area contributed by atoms with Gasteiger partial charge in [-0.2, -0.15) is 0 Å². The summed E-state index contributed by atoms with van der Waals surface area (Å²) < 4.78 is 27.7. The van der Waals surface area contributed by atoms with Crippen molar-refractivity contribution in [1.82, 2.24) is 0 Å². The zero-order valence-corrected chi connectivity index (χ0v) is 16.0. The van der Waals surface area contributed by atoms with Crippen LogP contribution in [-0.2, 0) is 19.7 Å². The van der Waals surface area contributed by atoms with Gasteiger partial charge in [-0.1, -0.05) is 6.07 Å². The second kappa shape index (κ2) is 11.0. The largest absolute Gasteiger partial charge is 0.500 e. The molecule has 24 heavy (non-hydrogen) atoms. The molecule has 0 unspecified atom stereocenters. The summed E-state index contributed by atoms with van der Waals surface area (Å²) in [6.07, 6.45) is 3.38. The first kappa shape index (κ1) is 20.5. The minimum atomic E-state index is -2.59. The molecule has 0 N–H and O–H groups in total. The predicted octanol–water partition coefficient (Wildman–Crippen LogP) is 3.54. The lowest BCUT2D eigenvalue weighted by Crippen LogP contribution is -2.46. The van der Waals surface area contributed by atoms with E-state index in [4.69, 9.17) is 28.0 Å². The summed E-state index contributed by atoms with van der Waals surface area (Å²) in [5.41, 5.74) is 1.10. The van der Waals surface area contributed by atoms with Crippen LogP contribution < -0.4 is 9.47 Å². The number of methoxy groups -OCH3 is 1. The number of ether oxygens (including phenoxy) is 2. The molecule has 134 valence electrons. The topological polar surface area (TPSA) is 69.9 Å². The zero-order valence-electron chi connectivity index (χ0n) is 15.0. The molecule has 0 aliphatic heterocycles. The molecule has 0 radical (unpaired) electrons. The summed E-state index contributed by atoms with van der Waals surface area (Å²) in [7, 11) is -1.04. The molecule has 0 spiro atoms. The fourth-order valence-electron chi connectivity index (χ4n) is 2.51. The van der Waals surface area contributed by atoms with Crippen LogP contribution in [0.25, 0.3) is 0 Å². The maximum atomic E-state index is 8.63. The van der Waals surface area contributed by atoms with Crippen molar-refractivity contribution in [1.29, 1.82) is 5.26 Å². The lowest BCUT2D eigenvalue weighted by Gasteiger charge is -2.28. The predicted molar refractivity (Wildman–Crippen MR) is 93.0 cm³/mol. The summed E-state index contributed by atoms with van der Waals surface area (Å²) in [5.74, 6) is 0.974. The Labute approximate surface area is 145 Å². The molecule has 0 aliphatic carbocycles. The fraction of sp³-hybridized carbons (Fsp3) is 0.588. The van der Waals surface area contributed by atoms with Gasteiger partial charge in [0.15, 0.2) is 11.5 Å². The van der Waals surface area contributed by atoms with E-state index in [0.29, 0.717) is 31.3 Å². The van der Waals surface area contributed by atoms with E-state index in [0.717, 1.165) is 24.4 Å². The van der Waals surface area contributed by atoms with Gasteiger partial charge in [0, 0.05) is 25.9 Å².